The van der Waals surface area contributed by atoms with Crippen LogP contribution in [0.5, 0.6) is 0 Å². The molecular weight excluding hydrogens is 301 g/mol. The minimum Gasteiger partial charge on any atom is -0.356 e. The van der Waals surface area contributed by atoms with Crippen molar-refractivity contribution in [1.29, 1.82) is 0 Å². The number of quaternary nitrogens is 1. The van der Waals surface area contributed by atoms with Crippen molar-refractivity contribution in [3.05, 3.63) is 64.9 Å². The number of sulfone groups is 1. The Kier molecular flexibility index (Phi) is 4.42. The molecule has 20 heavy (non-hydrogen) atoms. The van der Waals surface area contributed by atoms with Gasteiger partial charge in [0.05, 0.1) is 11.4 Å². The van der Waals surface area contributed by atoms with Crippen LogP contribution < -0.4 is 5.73 Å². The first-order valence-corrected chi connectivity index (χ1v) is 7.92. The molecule has 0 radical (unpaired) electrons. The highest BCUT2D eigenvalue weighted by atomic mass is 35.5. The Labute approximate surface area is 122 Å². The van der Waals surface area contributed by atoms with Crippen LogP contribution in [0, 0.1) is 5.82 Å². The van der Waals surface area contributed by atoms with Crippen molar-refractivity contribution in [3.63, 3.8) is 0 Å². The van der Waals surface area contributed by atoms with Crippen molar-refractivity contribution in [3.8, 4) is 0 Å². The molecule has 2 aromatic carbocycles. The fourth-order valence-corrected chi connectivity index (χ4v) is 4.03. The summed E-state index contributed by atoms with van der Waals surface area (Å²) in [4.78, 5) is 0.0625. The Morgan fingerprint density at radius 3 is 2.25 bits per heavy atom. The van der Waals surface area contributed by atoms with Gasteiger partial charge in [-0.25, -0.2) is 12.8 Å². The molecule has 0 saturated heterocycles. The Bertz CT molecular complexity index is 701. The highest BCUT2D eigenvalue weighted by Crippen LogP contribution is 2.32. The molecule has 2 rings (SSSR count). The standard InChI is InChI=1S/C14H13ClFNO2S/c15-13-4-2-1-3-12(13)14(9-17)20(18,19)11-7-5-10(16)6-8-11/h1-8,14H,9,17H2/p+1/t14-/m1/s1. The molecule has 3 N–H and O–H groups in total. The highest BCUT2D eigenvalue weighted by molar-refractivity contribution is 7.91. The SMILES string of the molecule is [NH3+]C[C@H](c1ccccc1Cl)S(=O)(=O)c1ccc(F)cc1. The predicted octanol–water partition coefficient (Wildman–Crippen LogP) is 2.24. The van der Waals surface area contributed by atoms with Crippen molar-refractivity contribution in [2.75, 3.05) is 6.54 Å². The molecule has 0 spiro atoms. The number of benzene rings is 2. The topological polar surface area (TPSA) is 61.8 Å². The molecule has 0 unspecified atom stereocenters. The van der Waals surface area contributed by atoms with Crippen molar-refractivity contribution >= 4 is 21.4 Å². The monoisotopic (exact) mass is 314 g/mol. The molecule has 1 atom stereocenters. The van der Waals surface area contributed by atoms with Gasteiger partial charge in [-0.1, -0.05) is 29.8 Å². The van der Waals surface area contributed by atoms with E-state index in [4.69, 9.17) is 11.6 Å². The van der Waals surface area contributed by atoms with Crippen LogP contribution in [-0.4, -0.2) is 15.0 Å². The van der Waals surface area contributed by atoms with Gasteiger partial charge in [-0.05, 0) is 35.9 Å². The van der Waals surface area contributed by atoms with E-state index in [-0.39, 0.29) is 11.4 Å². The van der Waals surface area contributed by atoms with Gasteiger partial charge in [0.25, 0.3) is 0 Å². The fourth-order valence-electron chi connectivity index (χ4n) is 2.00. The fraction of sp³-hybridized carbons (Fsp3) is 0.143. The van der Waals surface area contributed by atoms with Crippen LogP contribution >= 0.6 is 11.6 Å². The van der Waals surface area contributed by atoms with Gasteiger partial charge in [0.15, 0.2) is 9.84 Å². The minimum absolute atomic E-state index is 0.0625. The summed E-state index contributed by atoms with van der Waals surface area (Å²) in [5.41, 5.74) is 4.21. The minimum atomic E-state index is -3.66. The van der Waals surface area contributed by atoms with E-state index in [0.717, 1.165) is 12.1 Å². The Hall–Kier alpha value is -1.43. The molecule has 0 bridgehead atoms. The quantitative estimate of drug-likeness (QED) is 0.880. The maximum absolute atomic E-state index is 12.9. The molecule has 0 heterocycles. The lowest BCUT2D eigenvalue weighted by atomic mass is 10.1. The maximum Gasteiger partial charge on any atom is 0.190 e. The molecule has 0 aliphatic rings. The molecule has 0 saturated carbocycles. The summed E-state index contributed by atoms with van der Waals surface area (Å²) in [7, 11) is -3.66. The van der Waals surface area contributed by atoms with Crippen molar-refractivity contribution in [2.24, 2.45) is 0 Å². The average Bonchev–Trinajstić information content (AvgIpc) is 2.42. The van der Waals surface area contributed by atoms with E-state index >= 15 is 0 Å². The summed E-state index contributed by atoms with van der Waals surface area (Å²) in [5.74, 6) is -0.479. The van der Waals surface area contributed by atoms with E-state index < -0.39 is 20.9 Å². The first kappa shape index (κ1) is 15.0. The van der Waals surface area contributed by atoms with Crippen LogP contribution in [0.1, 0.15) is 10.8 Å². The van der Waals surface area contributed by atoms with Gasteiger partial charge >= 0.3 is 0 Å². The Morgan fingerprint density at radius 1 is 1.10 bits per heavy atom. The van der Waals surface area contributed by atoms with Crippen LogP contribution in [0.25, 0.3) is 0 Å². The van der Waals surface area contributed by atoms with Crippen LogP contribution in [0.2, 0.25) is 5.02 Å². The van der Waals surface area contributed by atoms with Crippen LogP contribution in [0.4, 0.5) is 4.39 Å². The van der Waals surface area contributed by atoms with Gasteiger partial charge in [0, 0.05) is 5.02 Å². The highest BCUT2D eigenvalue weighted by Gasteiger charge is 2.31. The number of rotatable bonds is 4. The summed E-state index contributed by atoms with van der Waals surface area (Å²) in [5, 5.41) is -0.464. The van der Waals surface area contributed by atoms with E-state index in [9.17, 15) is 12.8 Å². The molecule has 0 aromatic heterocycles. The summed E-state index contributed by atoms with van der Waals surface area (Å²) in [6, 6.07) is 11.5. The van der Waals surface area contributed by atoms with E-state index in [1.165, 1.54) is 12.1 Å². The predicted molar refractivity (Wildman–Crippen MR) is 75.5 cm³/mol. The molecular formula is C14H14ClFNO2S+. The maximum atomic E-state index is 12.9. The second kappa shape index (κ2) is 5.91. The third kappa shape index (κ3) is 2.85. The van der Waals surface area contributed by atoms with Gasteiger partial charge in [-0.2, -0.15) is 0 Å². The van der Waals surface area contributed by atoms with Crippen molar-refractivity contribution in [1.82, 2.24) is 0 Å². The molecule has 0 aliphatic heterocycles. The molecule has 0 amide bonds. The van der Waals surface area contributed by atoms with E-state index in [0.29, 0.717) is 10.6 Å². The first-order chi connectivity index (χ1) is 9.46. The van der Waals surface area contributed by atoms with E-state index in [1.54, 1.807) is 24.3 Å². The number of hydrogen-bond donors (Lipinski definition) is 1. The zero-order chi connectivity index (χ0) is 14.8. The van der Waals surface area contributed by atoms with Crippen LogP contribution in [0.3, 0.4) is 0 Å². The lowest BCUT2D eigenvalue weighted by Gasteiger charge is -2.16. The zero-order valence-electron chi connectivity index (χ0n) is 10.6. The van der Waals surface area contributed by atoms with Crippen LogP contribution in [-0.2, 0) is 9.84 Å². The second-order valence-electron chi connectivity index (χ2n) is 4.30. The smallest absolute Gasteiger partial charge is 0.190 e. The summed E-state index contributed by atoms with van der Waals surface area (Å²) < 4.78 is 38.1. The zero-order valence-corrected chi connectivity index (χ0v) is 12.2. The first-order valence-electron chi connectivity index (χ1n) is 6.00. The Balaban J connectivity index is 2.51. The summed E-state index contributed by atoms with van der Waals surface area (Å²) >= 11 is 6.06. The van der Waals surface area contributed by atoms with Gasteiger partial charge in [0.2, 0.25) is 0 Å². The number of halogens is 2. The van der Waals surface area contributed by atoms with Gasteiger partial charge in [-0.3, -0.25) is 0 Å². The van der Waals surface area contributed by atoms with E-state index in [1.807, 2.05) is 0 Å². The summed E-state index contributed by atoms with van der Waals surface area (Å²) in [6.45, 7) is 0.142. The second-order valence-corrected chi connectivity index (χ2v) is 6.84. The van der Waals surface area contributed by atoms with Crippen LogP contribution in [0.15, 0.2) is 53.4 Å². The molecule has 0 aliphatic carbocycles. The lowest BCUT2D eigenvalue weighted by Crippen LogP contribution is -2.54. The normalized spacial score (nSPS) is 13.2. The van der Waals surface area contributed by atoms with Gasteiger partial charge in [-0.15, -0.1) is 0 Å². The molecule has 3 nitrogen and oxygen atoms in total. The molecule has 106 valence electrons. The molecule has 6 heteroatoms. The Morgan fingerprint density at radius 2 is 1.70 bits per heavy atom. The average molecular weight is 315 g/mol. The number of hydrogen-bond acceptors (Lipinski definition) is 2. The van der Waals surface area contributed by atoms with Crippen molar-refractivity contribution in [2.45, 2.75) is 10.1 Å². The molecule has 2 aromatic rings. The third-order valence-electron chi connectivity index (χ3n) is 3.03. The molecule has 0 fully saturated rings. The third-order valence-corrected chi connectivity index (χ3v) is 5.54. The van der Waals surface area contributed by atoms with Crippen molar-refractivity contribution < 1.29 is 18.5 Å². The van der Waals surface area contributed by atoms with Gasteiger partial charge in [0.1, 0.15) is 11.1 Å². The van der Waals surface area contributed by atoms with E-state index in [2.05, 4.69) is 5.73 Å². The lowest BCUT2D eigenvalue weighted by molar-refractivity contribution is -0.367. The summed E-state index contributed by atoms with van der Waals surface area (Å²) in [6.07, 6.45) is 0. The van der Waals surface area contributed by atoms with Gasteiger partial charge < -0.3 is 5.73 Å². The largest absolute Gasteiger partial charge is 0.356 e.